The Morgan fingerprint density at radius 1 is 1.18 bits per heavy atom. The number of carbonyl (C=O) groups excluding carboxylic acids is 2. The molecule has 0 bridgehead atoms. The van der Waals surface area contributed by atoms with Crippen LogP contribution in [0.25, 0.3) is 0 Å². The van der Waals surface area contributed by atoms with Gasteiger partial charge in [-0.05, 0) is 36.6 Å². The maximum atomic E-state index is 12.6. The third kappa shape index (κ3) is 4.85. The molecule has 8 nitrogen and oxygen atoms in total. The Balaban J connectivity index is 1.60. The Bertz CT molecular complexity index is 877. The molecule has 0 heterocycles. The smallest absolute Gasteiger partial charge is 0.338 e. The molecule has 3 rings (SSSR count). The van der Waals surface area contributed by atoms with E-state index in [9.17, 15) is 19.7 Å². The number of benzene rings is 2. The van der Waals surface area contributed by atoms with Gasteiger partial charge in [-0.15, -0.1) is 0 Å². The van der Waals surface area contributed by atoms with E-state index < -0.39 is 17.5 Å². The highest BCUT2D eigenvalue weighted by Gasteiger charge is 2.33. The lowest BCUT2D eigenvalue weighted by atomic mass is 10.2. The van der Waals surface area contributed by atoms with Crippen molar-refractivity contribution < 1.29 is 24.0 Å². The van der Waals surface area contributed by atoms with Gasteiger partial charge in [0.15, 0.2) is 6.61 Å². The van der Waals surface area contributed by atoms with Crippen LogP contribution in [0.5, 0.6) is 5.75 Å². The summed E-state index contributed by atoms with van der Waals surface area (Å²) in [5.74, 6) is -0.326. The van der Waals surface area contributed by atoms with Gasteiger partial charge in [0.1, 0.15) is 5.75 Å². The summed E-state index contributed by atoms with van der Waals surface area (Å²) in [5, 5.41) is 10.8. The number of nitro groups is 1. The predicted molar refractivity (Wildman–Crippen MR) is 99.9 cm³/mol. The number of carbonyl (C=O) groups is 2. The molecule has 0 unspecified atom stereocenters. The minimum absolute atomic E-state index is 0.0372. The highest BCUT2D eigenvalue weighted by atomic mass is 16.6. The van der Waals surface area contributed by atoms with Crippen molar-refractivity contribution in [2.45, 2.75) is 25.4 Å². The maximum absolute atomic E-state index is 12.6. The summed E-state index contributed by atoms with van der Waals surface area (Å²) in [4.78, 5) is 36.6. The zero-order valence-corrected chi connectivity index (χ0v) is 15.4. The molecule has 0 aliphatic heterocycles. The number of nitro benzene ring substituents is 1. The van der Waals surface area contributed by atoms with E-state index in [1.54, 1.807) is 12.0 Å². The summed E-state index contributed by atoms with van der Waals surface area (Å²) in [6.45, 7) is 0.00995. The molecule has 28 heavy (non-hydrogen) atoms. The summed E-state index contributed by atoms with van der Waals surface area (Å²) in [5.41, 5.74) is 0.779. The molecule has 0 saturated heterocycles. The van der Waals surface area contributed by atoms with E-state index in [0.29, 0.717) is 6.54 Å². The first-order chi connectivity index (χ1) is 13.5. The maximum Gasteiger partial charge on any atom is 0.338 e. The van der Waals surface area contributed by atoms with Crippen molar-refractivity contribution in [1.29, 1.82) is 0 Å². The summed E-state index contributed by atoms with van der Waals surface area (Å²) < 4.78 is 10.2. The second-order valence-corrected chi connectivity index (χ2v) is 6.48. The number of hydrogen-bond donors (Lipinski definition) is 0. The third-order valence-corrected chi connectivity index (χ3v) is 4.44. The number of methoxy groups -OCH3 is 1. The first-order valence-electron chi connectivity index (χ1n) is 8.82. The van der Waals surface area contributed by atoms with Crippen LogP contribution in [0.15, 0.2) is 48.5 Å². The summed E-state index contributed by atoms with van der Waals surface area (Å²) in [6.07, 6.45) is 1.83. The molecule has 0 spiro atoms. The summed E-state index contributed by atoms with van der Waals surface area (Å²) >= 11 is 0. The number of hydrogen-bond acceptors (Lipinski definition) is 6. The standard InChI is InChI=1S/C20H20N2O6/c1-27-18-9-5-14(6-10-18)12-21(16-7-8-16)19(23)13-28-20(24)15-3-2-4-17(11-15)22(25)26/h2-6,9-11,16H,7-8,12-13H2,1H3. The molecule has 0 N–H and O–H groups in total. The van der Waals surface area contributed by atoms with Crippen LogP contribution in [-0.4, -0.2) is 41.5 Å². The van der Waals surface area contributed by atoms with Gasteiger partial charge in [0.25, 0.3) is 11.6 Å². The third-order valence-electron chi connectivity index (χ3n) is 4.44. The Labute approximate surface area is 161 Å². The fraction of sp³-hybridized carbons (Fsp3) is 0.300. The monoisotopic (exact) mass is 384 g/mol. The summed E-state index contributed by atoms with van der Waals surface area (Å²) in [7, 11) is 1.59. The number of rotatable bonds is 8. The van der Waals surface area contributed by atoms with Crippen LogP contribution in [0.3, 0.4) is 0 Å². The number of ether oxygens (including phenoxy) is 2. The van der Waals surface area contributed by atoms with Gasteiger partial charge in [-0.25, -0.2) is 4.79 Å². The lowest BCUT2D eigenvalue weighted by Crippen LogP contribution is -2.36. The first kappa shape index (κ1) is 19.3. The van der Waals surface area contributed by atoms with Crippen LogP contribution in [0.2, 0.25) is 0 Å². The van der Waals surface area contributed by atoms with Crippen LogP contribution in [0.1, 0.15) is 28.8 Å². The van der Waals surface area contributed by atoms with E-state index in [1.165, 1.54) is 18.2 Å². The van der Waals surface area contributed by atoms with E-state index in [0.717, 1.165) is 30.2 Å². The lowest BCUT2D eigenvalue weighted by molar-refractivity contribution is -0.384. The second-order valence-electron chi connectivity index (χ2n) is 6.48. The quantitative estimate of drug-likeness (QED) is 0.394. The SMILES string of the molecule is COc1ccc(CN(C(=O)COC(=O)c2cccc([N+](=O)[O-])c2)C2CC2)cc1. The van der Waals surface area contributed by atoms with E-state index in [1.807, 2.05) is 24.3 Å². The van der Waals surface area contributed by atoms with Gasteiger partial charge in [-0.2, -0.15) is 0 Å². The zero-order valence-electron chi connectivity index (χ0n) is 15.4. The molecule has 2 aromatic carbocycles. The second kappa shape index (κ2) is 8.51. The zero-order chi connectivity index (χ0) is 20.1. The van der Waals surface area contributed by atoms with Crippen molar-refractivity contribution in [2.75, 3.05) is 13.7 Å². The fourth-order valence-corrected chi connectivity index (χ4v) is 2.77. The van der Waals surface area contributed by atoms with Gasteiger partial charge >= 0.3 is 5.97 Å². The van der Waals surface area contributed by atoms with Crippen LogP contribution >= 0.6 is 0 Å². The molecule has 1 saturated carbocycles. The van der Waals surface area contributed by atoms with Crippen LogP contribution < -0.4 is 4.74 Å². The molecule has 1 aliphatic rings. The van der Waals surface area contributed by atoms with Gasteiger partial charge < -0.3 is 14.4 Å². The molecule has 1 aliphatic carbocycles. The minimum Gasteiger partial charge on any atom is -0.497 e. The minimum atomic E-state index is -0.766. The van der Waals surface area contributed by atoms with E-state index in [-0.39, 0.29) is 23.2 Å². The molecular weight excluding hydrogens is 364 g/mol. The number of non-ortho nitro benzene ring substituents is 1. The van der Waals surface area contributed by atoms with Crippen LogP contribution in [-0.2, 0) is 16.1 Å². The van der Waals surface area contributed by atoms with Gasteiger partial charge in [0.05, 0.1) is 17.6 Å². The molecule has 1 fully saturated rings. The molecule has 0 atom stereocenters. The molecular formula is C20H20N2O6. The van der Waals surface area contributed by atoms with Crippen molar-refractivity contribution in [1.82, 2.24) is 4.90 Å². The Morgan fingerprint density at radius 3 is 2.50 bits per heavy atom. The van der Waals surface area contributed by atoms with E-state index >= 15 is 0 Å². The Hall–Kier alpha value is -3.42. The fourth-order valence-electron chi connectivity index (χ4n) is 2.77. The number of nitrogens with zero attached hydrogens (tertiary/aromatic N) is 2. The molecule has 2 aromatic rings. The predicted octanol–water partition coefficient (Wildman–Crippen LogP) is 2.95. The summed E-state index contributed by atoms with van der Waals surface area (Å²) in [6, 6.07) is 12.8. The molecule has 0 radical (unpaired) electrons. The first-order valence-corrected chi connectivity index (χ1v) is 8.82. The van der Waals surface area contributed by atoms with Crippen molar-refractivity contribution in [3.05, 3.63) is 69.8 Å². The topological polar surface area (TPSA) is 99.0 Å². The number of amides is 1. The molecule has 146 valence electrons. The van der Waals surface area contributed by atoms with Crippen LogP contribution in [0, 0.1) is 10.1 Å². The van der Waals surface area contributed by atoms with Gasteiger partial charge in [0.2, 0.25) is 0 Å². The van der Waals surface area contributed by atoms with Crippen LogP contribution in [0.4, 0.5) is 5.69 Å². The Kier molecular flexibility index (Phi) is 5.88. The van der Waals surface area contributed by atoms with Crippen molar-refractivity contribution >= 4 is 17.6 Å². The normalized spacial score (nSPS) is 12.9. The molecule has 0 aromatic heterocycles. The lowest BCUT2D eigenvalue weighted by Gasteiger charge is -2.22. The largest absolute Gasteiger partial charge is 0.497 e. The highest BCUT2D eigenvalue weighted by Crippen LogP contribution is 2.29. The molecule has 1 amide bonds. The Morgan fingerprint density at radius 2 is 1.89 bits per heavy atom. The van der Waals surface area contributed by atoms with Crippen molar-refractivity contribution in [3.63, 3.8) is 0 Å². The molecule has 8 heteroatoms. The highest BCUT2D eigenvalue weighted by molar-refractivity contribution is 5.92. The average molecular weight is 384 g/mol. The van der Waals surface area contributed by atoms with Gasteiger partial charge in [-0.1, -0.05) is 18.2 Å². The van der Waals surface area contributed by atoms with E-state index in [2.05, 4.69) is 0 Å². The van der Waals surface area contributed by atoms with E-state index in [4.69, 9.17) is 9.47 Å². The van der Waals surface area contributed by atoms with Crippen molar-refractivity contribution in [3.8, 4) is 5.75 Å². The van der Waals surface area contributed by atoms with Crippen molar-refractivity contribution in [2.24, 2.45) is 0 Å². The van der Waals surface area contributed by atoms with Gasteiger partial charge in [0, 0.05) is 24.7 Å². The number of esters is 1. The van der Waals surface area contributed by atoms with Gasteiger partial charge in [-0.3, -0.25) is 14.9 Å². The average Bonchev–Trinajstić information content (AvgIpc) is 3.55.